The largest absolute Gasteiger partial charge is 0.354 e. The third-order valence-corrected chi connectivity index (χ3v) is 6.41. The van der Waals surface area contributed by atoms with E-state index in [4.69, 9.17) is 0 Å². The maximum atomic E-state index is 13.4. The number of benzene rings is 2. The molecule has 2 rings (SSSR count). The molecule has 7 nitrogen and oxygen atoms in total. The molecule has 0 radical (unpaired) electrons. The number of nitrogens with one attached hydrogen (secondary N) is 1. The molecule has 0 saturated carbocycles. The van der Waals surface area contributed by atoms with E-state index in [0.29, 0.717) is 12.1 Å². The molecule has 2 aromatic carbocycles. The van der Waals surface area contributed by atoms with E-state index in [-0.39, 0.29) is 24.8 Å². The van der Waals surface area contributed by atoms with Crippen molar-refractivity contribution in [2.24, 2.45) is 5.92 Å². The third-order valence-electron chi connectivity index (χ3n) is 5.15. The second-order valence-corrected chi connectivity index (χ2v) is 10.6. The van der Waals surface area contributed by atoms with Crippen LogP contribution in [0.3, 0.4) is 0 Å². The maximum absolute atomic E-state index is 13.4. The Morgan fingerprint density at radius 1 is 1.00 bits per heavy atom. The van der Waals surface area contributed by atoms with Crippen molar-refractivity contribution < 1.29 is 22.4 Å². The maximum Gasteiger partial charge on any atom is 0.243 e. The second kappa shape index (κ2) is 11.9. The first-order chi connectivity index (χ1) is 15.5. The molecule has 0 fully saturated rings. The van der Waals surface area contributed by atoms with Gasteiger partial charge in [-0.15, -0.1) is 0 Å². The number of carbonyl (C=O) groups excluding carboxylic acids is 2. The first-order valence-electron chi connectivity index (χ1n) is 10.7. The summed E-state index contributed by atoms with van der Waals surface area (Å²) in [5, 5.41) is 2.89. The van der Waals surface area contributed by atoms with Crippen LogP contribution in [0.15, 0.2) is 54.6 Å². The van der Waals surface area contributed by atoms with Crippen LogP contribution in [0.2, 0.25) is 0 Å². The fourth-order valence-electron chi connectivity index (χ4n) is 3.16. The summed E-state index contributed by atoms with van der Waals surface area (Å²) in [6, 6.07) is 14.1. The topological polar surface area (TPSA) is 86.8 Å². The molecule has 0 aliphatic rings. The molecular formula is C24H32FN3O4S. The van der Waals surface area contributed by atoms with Crippen molar-refractivity contribution in [2.45, 2.75) is 32.9 Å². The summed E-state index contributed by atoms with van der Waals surface area (Å²) < 4.78 is 38.1. The van der Waals surface area contributed by atoms with Crippen LogP contribution >= 0.6 is 0 Å². The van der Waals surface area contributed by atoms with Crippen molar-refractivity contribution >= 4 is 21.8 Å². The predicted molar refractivity (Wildman–Crippen MR) is 126 cm³/mol. The number of carbonyl (C=O) groups is 2. The number of amides is 2. The lowest BCUT2D eigenvalue weighted by molar-refractivity contribution is -0.141. The highest BCUT2D eigenvalue weighted by Gasteiger charge is 2.31. The Morgan fingerprint density at radius 3 is 2.15 bits per heavy atom. The van der Waals surface area contributed by atoms with E-state index in [1.54, 1.807) is 12.1 Å². The molecule has 180 valence electrons. The van der Waals surface area contributed by atoms with Crippen LogP contribution in [0.4, 0.5) is 4.39 Å². The van der Waals surface area contributed by atoms with Crippen LogP contribution in [-0.4, -0.2) is 61.9 Å². The van der Waals surface area contributed by atoms with Crippen LogP contribution in [0, 0.1) is 11.7 Å². The number of hydrogen-bond acceptors (Lipinski definition) is 4. The number of halogens is 1. The van der Waals surface area contributed by atoms with Crippen LogP contribution in [0.5, 0.6) is 0 Å². The predicted octanol–water partition coefficient (Wildman–Crippen LogP) is 2.43. The average Bonchev–Trinajstić information content (AvgIpc) is 2.75. The molecule has 33 heavy (non-hydrogen) atoms. The summed E-state index contributed by atoms with van der Waals surface area (Å²) in [6.45, 7) is 3.99. The van der Waals surface area contributed by atoms with Gasteiger partial charge in [-0.1, -0.05) is 56.3 Å². The minimum absolute atomic E-state index is 0.0311. The van der Waals surface area contributed by atoms with Crippen LogP contribution in [0.25, 0.3) is 0 Å². The van der Waals surface area contributed by atoms with Gasteiger partial charge in [0.05, 0.1) is 12.8 Å². The second-order valence-electron chi connectivity index (χ2n) is 8.51. The van der Waals surface area contributed by atoms with E-state index >= 15 is 0 Å². The molecule has 0 heterocycles. The molecule has 9 heteroatoms. The first-order valence-corrected chi connectivity index (χ1v) is 12.6. The number of hydrogen-bond donors (Lipinski definition) is 1. The highest BCUT2D eigenvalue weighted by atomic mass is 32.2. The SMILES string of the molecule is CC(C)CNC(=O)C(Cc1ccccc1)N(Cc1ccc(F)cc1)C(=O)CN(C)S(C)(=O)=O. The van der Waals surface area contributed by atoms with Gasteiger partial charge < -0.3 is 10.2 Å². The van der Waals surface area contributed by atoms with Gasteiger partial charge in [-0.05, 0) is 29.2 Å². The van der Waals surface area contributed by atoms with Crippen molar-refractivity contribution in [3.63, 3.8) is 0 Å². The number of sulfonamides is 1. The van der Waals surface area contributed by atoms with E-state index in [9.17, 15) is 22.4 Å². The number of nitrogens with zero attached hydrogens (tertiary/aromatic N) is 2. The molecule has 0 bridgehead atoms. The van der Waals surface area contributed by atoms with Gasteiger partial charge in [0, 0.05) is 26.6 Å². The summed E-state index contributed by atoms with van der Waals surface area (Å²) in [4.78, 5) is 27.9. The Bertz CT molecular complexity index is 1030. The molecule has 1 unspecified atom stereocenters. The smallest absolute Gasteiger partial charge is 0.243 e. The van der Waals surface area contributed by atoms with E-state index in [1.807, 2.05) is 44.2 Å². The van der Waals surface area contributed by atoms with Crippen molar-refractivity contribution in [2.75, 3.05) is 26.4 Å². The Morgan fingerprint density at radius 2 is 1.61 bits per heavy atom. The lowest BCUT2D eigenvalue weighted by atomic mass is 10.0. The standard InChI is InChI=1S/C24H32FN3O4S/c1-18(2)15-26-24(30)22(14-19-8-6-5-7-9-19)28(16-20-10-12-21(25)13-11-20)23(29)17-27(3)33(4,31)32/h5-13,18,22H,14-17H2,1-4H3,(H,26,30). The number of rotatable bonds is 11. The summed E-state index contributed by atoms with van der Waals surface area (Å²) >= 11 is 0. The normalized spacial score (nSPS) is 12.6. The van der Waals surface area contributed by atoms with Gasteiger partial charge in [-0.25, -0.2) is 12.8 Å². The first kappa shape index (κ1) is 26.5. The zero-order valence-corrected chi connectivity index (χ0v) is 20.3. The molecule has 0 aliphatic carbocycles. The molecule has 1 N–H and O–H groups in total. The van der Waals surface area contributed by atoms with Gasteiger partial charge in [-0.2, -0.15) is 4.31 Å². The Kier molecular flexibility index (Phi) is 9.55. The summed E-state index contributed by atoms with van der Waals surface area (Å²) in [6.07, 6.45) is 1.27. The Labute approximate surface area is 195 Å². The third kappa shape index (κ3) is 8.58. The molecule has 1 atom stereocenters. The van der Waals surface area contributed by atoms with E-state index < -0.39 is 34.3 Å². The average molecular weight is 478 g/mol. The molecule has 0 saturated heterocycles. The minimum atomic E-state index is -3.60. The van der Waals surface area contributed by atoms with Gasteiger partial charge >= 0.3 is 0 Å². The molecule has 0 aliphatic heterocycles. The Hall–Kier alpha value is -2.78. The van der Waals surface area contributed by atoms with Gasteiger partial charge in [0.1, 0.15) is 11.9 Å². The van der Waals surface area contributed by atoms with Crippen molar-refractivity contribution in [1.82, 2.24) is 14.5 Å². The van der Waals surface area contributed by atoms with Crippen molar-refractivity contribution in [3.8, 4) is 0 Å². The van der Waals surface area contributed by atoms with Gasteiger partial charge in [-0.3, -0.25) is 9.59 Å². The van der Waals surface area contributed by atoms with E-state index in [2.05, 4.69) is 5.32 Å². The number of likely N-dealkylation sites (N-methyl/N-ethyl adjacent to an activating group) is 1. The van der Waals surface area contributed by atoms with Gasteiger partial charge in [0.2, 0.25) is 21.8 Å². The van der Waals surface area contributed by atoms with Crippen LogP contribution in [0.1, 0.15) is 25.0 Å². The summed E-state index contributed by atoms with van der Waals surface area (Å²) in [5.74, 6) is -1.05. The highest BCUT2D eigenvalue weighted by molar-refractivity contribution is 7.88. The molecule has 2 amide bonds. The zero-order chi connectivity index (χ0) is 24.6. The van der Waals surface area contributed by atoms with Crippen molar-refractivity contribution in [1.29, 1.82) is 0 Å². The fourth-order valence-corrected chi connectivity index (χ4v) is 3.51. The van der Waals surface area contributed by atoms with Gasteiger partial charge in [0.25, 0.3) is 0 Å². The molecule has 0 aromatic heterocycles. The fraction of sp³-hybridized carbons (Fsp3) is 0.417. The zero-order valence-electron chi connectivity index (χ0n) is 19.5. The van der Waals surface area contributed by atoms with E-state index in [0.717, 1.165) is 16.1 Å². The Balaban J connectivity index is 2.42. The lowest BCUT2D eigenvalue weighted by Gasteiger charge is -2.32. The lowest BCUT2D eigenvalue weighted by Crippen LogP contribution is -2.53. The summed E-state index contributed by atoms with van der Waals surface area (Å²) in [7, 11) is -2.29. The molecule has 0 spiro atoms. The highest BCUT2D eigenvalue weighted by Crippen LogP contribution is 2.16. The van der Waals surface area contributed by atoms with E-state index in [1.165, 1.54) is 24.1 Å². The van der Waals surface area contributed by atoms with Crippen molar-refractivity contribution in [3.05, 3.63) is 71.5 Å². The van der Waals surface area contributed by atoms with Crippen LogP contribution < -0.4 is 5.32 Å². The van der Waals surface area contributed by atoms with Gasteiger partial charge in [0.15, 0.2) is 0 Å². The monoisotopic (exact) mass is 477 g/mol. The van der Waals surface area contributed by atoms with Crippen LogP contribution in [-0.2, 0) is 32.6 Å². The summed E-state index contributed by atoms with van der Waals surface area (Å²) in [5.41, 5.74) is 1.48. The minimum Gasteiger partial charge on any atom is -0.354 e. The quantitative estimate of drug-likeness (QED) is 0.539. The molecular weight excluding hydrogens is 445 g/mol. The molecule has 2 aromatic rings.